The van der Waals surface area contributed by atoms with Crippen LogP contribution in [0.15, 0.2) is 77.7 Å². The predicted molar refractivity (Wildman–Crippen MR) is 161 cm³/mol. The second kappa shape index (κ2) is 13.8. The number of aryl methyl sites for hydroxylation is 1. The molecule has 0 aliphatic heterocycles. The van der Waals surface area contributed by atoms with Crippen molar-refractivity contribution < 1.29 is 22.4 Å². The van der Waals surface area contributed by atoms with Crippen LogP contribution in [-0.4, -0.2) is 44.3 Å². The molecule has 3 aromatic carbocycles. The molecule has 41 heavy (non-hydrogen) atoms. The Hall–Kier alpha value is -3.72. The van der Waals surface area contributed by atoms with Crippen LogP contribution >= 0.6 is 0 Å². The average molecular weight is 582 g/mol. The zero-order valence-electron chi connectivity index (χ0n) is 24.6. The Bertz CT molecular complexity index is 1420. The maximum atomic E-state index is 14.0. The Balaban J connectivity index is 2.02. The Kier molecular flexibility index (Phi) is 10.7. The summed E-state index contributed by atoms with van der Waals surface area (Å²) in [7, 11) is -4.14. The number of halogens is 1. The van der Waals surface area contributed by atoms with E-state index in [1.807, 2.05) is 46.8 Å². The van der Waals surface area contributed by atoms with Gasteiger partial charge in [0.05, 0.1) is 10.6 Å². The summed E-state index contributed by atoms with van der Waals surface area (Å²) in [6.45, 7) is 11.4. The van der Waals surface area contributed by atoms with Gasteiger partial charge in [0, 0.05) is 13.1 Å². The molecule has 0 radical (unpaired) electrons. The average Bonchev–Trinajstić information content (AvgIpc) is 2.94. The molecule has 0 aliphatic rings. The molecule has 3 aromatic rings. The summed E-state index contributed by atoms with van der Waals surface area (Å²) in [6.07, 6.45) is 0. The first kappa shape index (κ1) is 31.8. The molecular formula is C32H40FN3O4S. The fourth-order valence-electron chi connectivity index (χ4n) is 4.21. The van der Waals surface area contributed by atoms with Crippen LogP contribution in [0.4, 0.5) is 10.1 Å². The fourth-order valence-corrected chi connectivity index (χ4v) is 5.63. The molecule has 0 spiro atoms. The van der Waals surface area contributed by atoms with Crippen molar-refractivity contribution in [1.29, 1.82) is 0 Å². The summed E-state index contributed by atoms with van der Waals surface area (Å²) < 4.78 is 42.5. The quantitative estimate of drug-likeness (QED) is 0.300. The predicted octanol–water partition coefficient (Wildman–Crippen LogP) is 5.64. The van der Waals surface area contributed by atoms with E-state index in [4.69, 9.17) is 0 Å². The third-order valence-corrected chi connectivity index (χ3v) is 8.64. The van der Waals surface area contributed by atoms with Crippen molar-refractivity contribution in [2.75, 3.05) is 17.4 Å². The smallest absolute Gasteiger partial charge is 0.264 e. The molecule has 7 nitrogen and oxygen atoms in total. The first-order valence-electron chi connectivity index (χ1n) is 13.8. The van der Waals surface area contributed by atoms with Crippen LogP contribution < -0.4 is 9.62 Å². The third-order valence-electron chi connectivity index (χ3n) is 6.85. The van der Waals surface area contributed by atoms with Gasteiger partial charge >= 0.3 is 0 Å². The molecule has 0 saturated carbocycles. The monoisotopic (exact) mass is 581 g/mol. The van der Waals surface area contributed by atoms with E-state index in [2.05, 4.69) is 5.32 Å². The van der Waals surface area contributed by atoms with Crippen molar-refractivity contribution in [3.63, 3.8) is 0 Å². The number of nitrogens with zero attached hydrogens (tertiary/aromatic N) is 2. The number of carbonyl (C=O) groups is 2. The van der Waals surface area contributed by atoms with Crippen molar-refractivity contribution in [3.8, 4) is 0 Å². The highest BCUT2D eigenvalue weighted by atomic mass is 32.2. The van der Waals surface area contributed by atoms with Gasteiger partial charge in [0.25, 0.3) is 10.0 Å². The summed E-state index contributed by atoms with van der Waals surface area (Å²) in [5.74, 6) is -0.899. The maximum Gasteiger partial charge on any atom is 0.264 e. The van der Waals surface area contributed by atoms with E-state index in [0.29, 0.717) is 17.8 Å². The standard InChI is InChI=1S/C32H40FN3O4S/c1-22(2)19-34-32(38)25(6)35(20-26-9-13-28(33)14-10-26)31(37)21-36(29-15-11-27(12-16-29)23(3)4)41(39,40)30-17-7-24(5)8-18-30/h7-18,22-23,25H,19-21H2,1-6H3,(H,34,38). The summed E-state index contributed by atoms with van der Waals surface area (Å²) in [5, 5.41) is 2.85. The van der Waals surface area contributed by atoms with Crippen LogP contribution in [0, 0.1) is 18.7 Å². The van der Waals surface area contributed by atoms with E-state index in [1.54, 1.807) is 43.3 Å². The summed E-state index contributed by atoms with van der Waals surface area (Å²) in [5.41, 5.74) is 2.88. The molecule has 0 heterocycles. The fraction of sp³-hybridized carbons (Fsp3) is 0.375. The van der Waals surface area contributed by atoms with Crippen LogP contribution in [-0.2, 0) is 26.2 Å². The van der Waals surface area contributed by atoms with Crippen LogP contribution in [0.25, 0.3) is 0 Å². The normalized spacial score (nSPS) is 12.3. The molecule has 0 aromatic heterocycles. The van der Waals surface area contributed by atoms with Crippen molar-refractivity contribution in [3.05, 3.63) is 95.3 Å². The van der Waals surface area contributed by atoms with Gasteiger partial charge in [0.15, 0.2) is 0 Å². The number of hydrogen-bond donors (Lipinski definition) is 1. The molecule has 9 heteroatoms. The first-order valence-corrected chi connectivity index (χ1v) is 15.2. The minimum Gasteiger partial charge on any atom is -0.354 e. The number of amides is 2. The second-order valence-corrected chi connectivity index (χ2v) is 12.9. The molecule has 220 valence electrons. The zero-order chi connectivity index (χ0) is 30.3. The first-order chi connectivity index (χ1) is 19.3. The second-order valence-electron chi connectivity index (χ2n) is 11.0. The van der Waals surface area contributed by atoms with Crippen LogP contribution in [0.1, 0.15) is 57.2 Å². The minimum atomic E-state index is -4.14. The van der Waals surface area contributed by atoms with E-state index in [-0.39, 0.29) is 29.2 Å². The summed E-state index contributed by atoms with van der Waals surface area (Å²) in [4.78, 5) is 28.4. The van der Waals surface area contributed by atoms with E-state index in [0.717, 1.165) is 15.4 Å². The van der Waals surface area contributed by atoms with E-state index in [9.17, 15) is 22.4 Å². The molecule has 1 atom stereocenters. The molecule has 1 unspecified atom stereocenters. The lowest BCUT2D eigenvalue weighted by molar-refractivity contribution is -0.139. The minimum absolute atomic E-state index is 0.0000845. The highest BCUT2D eigenvalue weighted by molar-refractivity contribution is 7.92. The van der Waals surface area contributed by atoms with Crippen molar-refractivity contribution >= 4 is 27.5 Å². The number of anilines is 1. The lowest BCUT2D eigenvalue weighted by Gasteiger charge is -2.32. The van der Waals surface area contributed by atoms with E-state index in [1.165, 1.54) is 29.2 Å². The lowest BCUT2D eigenvalue weighted by atomic mass is 10.0. The Morgan fingerprint density at radius 3 is 1.98 bits per heavy atom. The lowest BCUT2D eigenvalue weighted by Crippen LogP contribution is -2.51. The van der Waals surface area contributed by atoms with E-state index < -0.39 is 34.3 Å². The number of benzene rings is 3. The number of rotatable bonds is 12. The molecule has 0 aliphatic carbocycles. The van der Waals surface area contributed by atoms with Crippen molar-refractivity contribution in [2.45, 2.75) is 64.9 Å². The largest absolute Gasteiger partial charge is 0.354 e. The highest BCUT2D eigenvalue weighted by Crippen LogP contribution is 2.27. The van der Waals surface area contributed by atoms with Gasteiger partial charge in [-0.15, -0.1) is 0 Å². The number of carbonyl (C=O) groups excluding carboxylic acids is 2. The van der Waals surface area contributed by atoms with Crippen LogP contribution in [0.5, 0.6) is 0 Å². The van der Waals surface area contributed by atoms with Crippen molar-refractivity contribution in [2.24, 2.45) is 5.92 Å². The molecule has 0 saturated heterocycles. The van der Waals surface area contributed by atoms with E-state index >= 15 is 0 Å². The Labute approximate surface area is 243 Å². The van der Waals surface area contributed by atoms with Gasteiger partial charge in [-0.1, -0.05) is 69.7 Å². The molecule has 2 amide bonds. The summed E-state index contributed by atoms with van der Waals surface area (Å²) in [6, 6.07) is 18.3. The SMILES string of the molecule is Cc1ccc(S(=O)(=O)N(CC(=O)N(Cc2ccc(F)cc2)C(C)C(=O)NCC(C)C)c2ccc(C(C)C)cc2)cc1. The van der Waals surface area contributed by atoms with Gasteiger partial charge < -0.3 is 10.2 Å². The topological polar surface area (TPSA) is 86.8 Å². The van der Waals surface area contributed by atoms with Crippen LogP contribution in [0.3, 0.4) is 0 Å². The van der Waals surface area contributed by atoms with Gasteiger partial charge in [-0.05, 0) is 73.2 Å². The maximum absolute atomic E-state index is 14.0. The number of nitrogens with one attached hydrogen (secondary N) is 1. The molecule has 0 bridgehead atoms. The van der Waals surface area contributed by atoms with Gasteiger partial charge in [0.1, 0.15) is 18.4 Å². The van der Waals surface area contributed by atoms with Crippen molar-refractivity contribution in [1.82, 2.24) is 10.2 Å². The molecule has 1 N–H and O–H groups in total. The van der Waals surface area contributed by atoms with Gasteiger partial charge in [0.2, 0.25) is 11.8 Å². The summed E-state index contributed by atoms with van der Waals surface area (Å²) >= 11 is 0. The van der Waals surface area contributed by atoms with Gasteiger partial charge in [-0.25, -0.2) is 12.8 Å². The Morgan fingerprint density at radius 1 is 0.854 bits per heavy atom. The Morgan fingerprint density at radius 2 is 1.44 bits per heavy atom. The molecule has 3 rings (SSSR count). The molecule has 0 fully saturated rings. The molecular weight excluding hydrogens is 541 g/mol. The number of sulfonamides is 1. The van der Waals surface area contributed by atoms with Crippen LogP contribution in [0.2, 0.25) is 0 Å². The van der Waals surface area contributed by atoms with Gasteiger partial charge in [-0.2, -0.15) is 0 Å². The third kappa shape index (κ3) is 8.39. The highest BCUT2D eigenvalue weighted by Gasteiger charge is 2.32. The van der Waals surface area contributed by atoms with Gasteiger partial charge in [-0.3, -0.25) is 13.9 Å². The number of hydrogen-bond acceptors (Lipinski definition) is 4. The zero-order valence-corrected chi connectivity index (χ0v) is 25.4.